The first-order valence-electron chi connectivity index (χ1n) is 5.07. The lowest BCUT2D eigenvalue weighted by molar-refractivity contribution is 0.235. The summed E-state index contributed by atoms with van der Waals surface area (Å²) in [4.78, 5) is 23.1. The summed E-state index contributed by atoms with van der Waals surface area (Å²) in [6, 6.07) is 5.98. The Kier molecular flexibility index (Phi) is 3.09. The highest BCUT2D eigenvalue weighted by Crippen LogP contribution is 2.05. The number of ether oxygens (including phenoxy) is 1. The summed E-state index contributed by atoms with van der Waals surface area (Å²) in [6.07, 6.45) is 0.986. The molecule has 3 aromatic rings. The fourth-order valence-electron chi connectivity index (χ4n) is 1.29. The molecule has 0 spiro atoms. The minimum atomic E-state index is -0.561. The van der Waals surface area contributed by atoms with Crippen LogP contribution >= 0.6 is 0 Å². The van der Waals surface area contributed by atoms with Gasteiger partial charge in [0.25, 0.3) is 0 Å². The van der Waals surface area contributed by atoms with Crippen LogP contribution < -0.4 is 16.0 Å². The highest BCUT2D eigenvalue weighted by Gasteiger charge is 1.99. The number of benzene rings is 1. The number of fused-ring (bicyclic) bond motifs is 7. The summed E-state index contributed by atoms with van der Waals surface area (Å²) >= 11 is 0. The first-order valence-corrected chi connectivity index (χ1v) is 5.07. The lowest BCUT2D eigenvalue weighted by Crippen LogP contribution is -2.02. The lowest BCUT2D eigenvalue weighted by Gasteiger charge is -1.96. The highest BCUT2D eigenvalue weighted by molar-refractivity contribution is 5.60. The van der Waals surface area contributed by atoms with Crippen molar-refractivity contribution in [1.82, 2.24) is 0 Å². The van der Waals surface area contributed by atoms with Crippen molar-refractivity contribution in [2.45, 2.75) is 6.92 Å². The smallest absolute Gasteiger partial charge is 0.345 e. The van der Waals surface area contributed by atoms with E-state index in [9.17, 15) is 9.59 Å². The van der Waals surface area contributed by atoms with Gasteiger partial charge in [-0.05, 0) is 31.2 Å². The van der Waals surface area contributed by atoms with Crippen LogP contribution in [0.5, 0.6) is 5.95 Å². The van der Waals surface area contributed by atoms with Crippen molar-refractivity contribution in [2.75, 3.05) is 6.61 Å². The molecule has 2 heterocycles. The molecule has 17 heavy (non-hydrogen) atoms. The van der Waals surface area contributed by atoms with E-state index in [1.54, 1.807) is 6.92 Å². The summed E-state index contributed by atoms with van der Waals surface area (Å²) in [6.45, 7) is 2.03. The zero-order valence-electron chi connectivity index (χ0n) is 9.14. The van der Waals surface area contributed by atoms with Gasteiger partial charge < -0.3 is 13.6 Å². The quantitative estimate of drug-likeness (QED) is 0.791. The number of rotatable bonds is 2. The van der Waals surface area contributed by atoms with Crippen molar-refractivity contribution in [3.05, 3.63) is 51.4 Å². The van der Waals surface area contributed by atoms with E-state index >= 15 is 0 Å². The van der Waals surface area contributed by atoms with Gasteiger partial charge in [0.15, 0.2) is 6.26 Å². The SMILES string of the molecule is CCOc1coc(=O)c2ccc(cc2)c(=O)o1. The van der Waals surface area contributed by atoms with E-state index in [1.165, 1.54) is 24.3 Å². The van der Waals surface area contributed by atoms with Crippen LogP contribution in [0.1, 0.15) is 6.92 Å². The summed E-state index contributed by atoms with van der Waals surface area (Å²) in [7, 11) is 0. The third kappa shape index (κ3) is 2.44. The Labute approximate surface area is 95.9 Å². The van der Waals surface area contributed by atoms with Crippen molar-refractivity contribution in [2.24, 2.45) is 0 Å². The van der Waals surface area contributed by atoms with Gasteiger partial charge in [-0.2, -0.15) is 0 Å². The van der Waals surface area contributed by atoms with Crippen LogP contribution in [0.25, 0.3) is 10.8 Å². The van der Waals surface area contributed by atoms with Crippen molar-refractivity contribution in [1.29, 1.82) is 0 Å². The molecule has 0 saturated heterocycles. The standard InChI is InChI=1S/C12H10O5/c1-2-15-10-7-16-11(13)8-3-5-9(6-4-8)12(14)17-10/h3-7H,2H2,1H3. The Morgan fingerprint density at radius 1 is 1.06 bits per heavy atom. The first-order chi connectivity index (χ1) is 8.20. The van der Waals surface area contributed by atoms with E-state index in [0.717, 1.165) is 6.26 Å². The van der Waals surface area contributed by atoms with Gasteiger partial charge in [-0.3, -0.25) is 0 Å². The van der Waals surface area contributed by atoms with E-state index in [1.807, 2.05) is 0 Å². The Hall–Kier alpha value is -2.30. The van der Waals surface area contributed by atoms with Crippen molar-refractivity contribution in [3.63, 3.8) is 0 Å². The topological polar surface area (TPSA) is 69.7 Å². The average molecular weight is 234 g/mol. The summed E-state index contributed by atoms with van der Waals surface area (Å²) in [5.74, 6) is -0.131. The lowest BCUT2D eigenvalue weighted by atomic mass is 10.2. The van der Waals surface area contributed by atoms with Crippen molar-refractivity contribution >= 4 is 10.8 Å². The van der Waals surface area contributed by atoms with Crippen LogP contribution in [-0.2, 0) is 0 Å². The van der Waals surface area contributed by atoms with Crippen LogP contribution in [0, 0.1) is 0 Å². The minimum Gasteiger partial charge on any atom is -0.463 e. The molecule has 0 N–H and O–H groups in total. The minimum absolute atomic E-state index is 0.131. The Balaban J connectivity index is 2.83. The summed E-state index contributed by atoms with van der Waals surface area (Å²) in [5, 5.41) is 0.699. The van der Waals surface area contributed by atoms with Gasteiger partial charge in [-0.25, -0.2) is 9.59 Å². The molecule has 0 aliphatic heterocycles. The predicted molar refractivity (Wildman–Crippen MR) is 61.0 cm³/mol. The molecule has 2 aromatic heterocycles. The molecule has 3 rings (SSSR count). The average Bonchev–Trinajstić information content (AvgIpc) is 2.35. The third-order valence-corrected chi connectivity index (χ3v) is 2.10. The first kappa shape index (κ1) is 11.2. The number of hydrogen-bond donors (Lipinski definition) is 0. The molecule has 0 unspecified atom stereocenters. The Morgan fingerprint density at radius 2 is 1.65 bits per heavy atom. The van der Waals surface area contributed by atoms with Crippen LogP contribution in [0.4, 0.5) is 0 Å². The van der Waals surface area contributed by atoms with Crippen molar-refractivity contribution < 1.29 is 13.6 Å². The zero-order valence-corrected chi connectivity index (χ0v) is 9.14. The van der Waals surface area contributed by atoms with E-state index in [-0.39, 0.29) is 5.95 Å². The van der Waals surface area contributed by atoms with Gasteiger partial charge in [0.05, 0.1) is 17.4 Å². The Morgan fingerprint density at radius 3 is 2.24 bits per heavy atom. The molecule has 5 nitrogen and oxygen atoms in total. The maximum atomic E-state index is 11.6. The molecular weight excluding hydrogens is 224 g/mol. The van der Waals surface area contributed by atoms with Gasteiger partial charge in [0.1, 0.15) is 0 Å². The van der Waals surface area contributed by atoms with Crippen LogP contribution in [0.3, 0.4) is 0 Å². The predicted octanol–water partition coefficient (Wildman–Crippen LogP) is 1.71. The normalized spacial score (nSPS) is 10.2. The highest BCUT2D eigenvalue weighted by atomic mass is 16.6. The monoisotopic (exact) mass is 234 g/mol. The van der Waals surface area contributed by atoms with E-state index < -0.39 is 11.3 Å². The largest absolute Gasteiger partial charge is 0.463 e. The molecule has 0 atom stereocenters. The van der Waals surface area contributed by atoms with Gasteiger partial charge in [0.2, 0.25) is 0 Å². The van der Waals surface area contributed by atoms with Gasteiger partial charge in [0, 0.05) is 0 Å². The zero-order chi connectivity index (χ0) is 12.3. The number of hydrogen-bond acceptors (Lipinski definition) is 5. The van der Waals surface area contributed by atoms with Crippen LogP contribution in [-0.4, -0.2) is 6.61 Å². The molecule has 88 valence electrons. The second-order valence-electron chi connectivity index (χ2n) is 3.24. The molecule has 0 aliphatic rings. The summed E-state index contributed by atoms with van der Waals surface area (Å²) in [5.41, 5.74) is -1.10. The van der Waals surface area contributed by atoms with Gasteiger partial charge >= 0.3 is 17.2 Å². The molecule has 0 amide bonds. The van der Waals surface area contributed by atoms with Gasteiger partial charge in [-0.1, -0.05) is 0 Å². The van der Waals surface area contributed by atoms with E-state index in [0.29, 0.717) is 17.4 Å². The molecule has 0 fully saturated rings. The maximum Gasteiger partial charge on any atom is 0.345 e. The van der Waals surface area contributed by atoms with Crippen LogP contribution in [0.15, 0.2) is 49.0 Å². The van der Waals surface area contributed by atoms with E-state index in [2.05, 4.69) is 0 Å². The van der Waals surface area contributed by atoms with Crippen molar-refractivity contribution in [3.8, 4) is 5.95 Å². The molecule has 1 aromatic carbocycles. The van der Waals surface area contributed by atoms with Crippen LogP contribution in [0.2, 0.25) is 0 Å². The third-order valence-electron chi connectivity index (χ3n) is 2.10. The Bertz CT molecular complexity index is 646. The van der Waals surface area contributed by atoms with Gasteiger partial charge in [-0.15, -0.1) is 0 Å². The van der Waals surface area contributed by atoms with E-state index in [4.69, 9.17) is 13.6 Å². The maximum absolute atomic E-state index is 11.6. The summed E-state index contributed by atoms with van der Waals surface area (Å²) < 4.78 is 14.7. The fourth-order valence-corrected chi connectivity index (χ4v) is 1.29. The second-order valence-corrected chi connectivity index (χ2v) is 3.24. The molecule has 5 heteroatoms. The molecular formula is C12H10O5. The molecule has 2 bridgehead atoms. The molecule has 0 saturated carbocycles. The molecule has 0 radical (unpaired) electrons. The second kappa shape index (κ2) is 4.69. The fraction of sp³-hybridized carbons (Fsp3) is 0.167. The molecule has 0 aliphatic carbocycles.